The number of aromatic nitrogens is 2. The molecule has 6 heteroatoms. The Balaban J connectivity index is 1.62. The standard InChI is InChI=1S/C23H17N3O2S/c27-16-9-10-17-15(13-16)8-11-18-20(17)25-21(19-7-4-12-29-19)22(24-18)26-23(28)14-5-2-1-3-6-14/h1-7,9-10,12-13,27H,8,11H2,(H,24,26,28). The van der Waals surface area contributed by atoms with Crippen LogP contribution in [0.2, 0.25) is 0 Å². The maximum absolute atomic E-state index is 12.7. The van der Waals surface area contributed by atoms with Gasteiger partial charge in [0, 0.05) is 11.1 Å². The summed E-state index contributed by atoms with van der Waals surface area (Å²) < 4.78 is 0. The van der Waals surface area contributed by atoms with Crippen molar-refractivity contribution in [1.82, 2.24) is 9.97 Å². The van der Waals surface area contributed by atoms with Crippen LogP contribution in [-0.2, 0) is 12.8 Å². The average Bonchev–Trinajstić information content (AvgIpc) is 3.28. The van der Waals surface area contributed by atoms with E-state index in [1.165, 1.54) is 0 Å². The third-order valence-corrected chi connectivity index (χ3v) is 5.84. The van der Waals surface area contributed by atoms with Crippen LogP contribution in [0, 0.1) is 0 Å². The van der Waals surface area contributed by atoms with Gasteiger partial charge in [0.2, 0.25) is 0 Å². The van der Waals surface area contributed by atoms with Crippen molar-refractivity contribution in [3.05, 3.63) is 82.9 Å². The number of aromatic hydroxyl groups is 1. The number of hydrogen-bond donors (Lipinski definition) is 2. The third-order valence-electron chi connectivity index (χ3n) is 4.97. The normalized spacial score (nSPS) is 12.1. The number of benzene rings is 2. The van der Waals surface area contributed by atoms with Crippen LogP contribution < -0.4 is 5.32 Å². The molecule has 0 radical (unpaired) electrons. The van der Waals surface area contributed by atoms with Crippen molar-refractivity contribution in [2.75, 3.05) is 5.32 Å². The van der Waals surface area contributed by atoms with Crippen LogP contribution in [0.25, 0.3) is 21.8 Å². The number of hydrogen-bond acceptors (Lipinski definition) is 5. The van der Waals surface area contributed by atoms with Gasteiger partial charge in [-0.3, -0.25) is 4.79 Å². The van der Waals surface area contributed by atoms with Gasteiger partial charge in [-0.05, 0) is 60.2 Å². The van der Waals surface area contributed by atoms with E-state index >= 15 is 0 Å². The lowest BCUT2D eigenvalue weighted by Crippen LogP contribution is -2.17. The zero-order chi connectivity index (χ0) is 19.8. The van der Waals surface area contributed by atoms with Crippen molar-refractivity contribution >= 4 is 23.1 Å². The summed E-state index contributed by atoms with van der Waals surface area (Å²) in [6.45, 7) is 0. The van der Waals surface area contributed by atoms with Gasteiger partial charge < -0.3 is 10.4 Å². The molecule has 0 fully saturated rings. The molecule has 0 unspecified atom stereocenters. The minimum absolute atomic E-state index is 0.209. The molecule has 2 heterocycles. The molecule has 0 spiro atoms. The summed E-state index contributed by atoms with van der Waals surface area (Å²) in [5.41, 5.74) is 4.94. The molecule has 0 atom stereocenters. The highest BCUT2D eigenvalue weighted by atomic mass is 32.1. The van der Waals surface area contributed by atoms with Gasteiger partial charge in [0.25, 0.3) is 5.91 Å². The predicted octanol–water partition coefficient (Wildman–Crippen LogP) is 4.93. The van der Waals surface area contributed by atoms with E-state index in [9.17, 15) is 9.90 Å². The Kier molecular flexibility index (Phi) is 4.33. The molecule has 2 aromatic heterocycles. The molecule has 1 aliphatic carbocycles. The van der Waals surface area contributed by atoms with E-state index in [1.54, 1.807) is 35.6 Å². The van der Waals surface area contributed by atoms with Crippen LogP contribution in [0.15, 0.2) is 66.0 Å². The van der Waals surface area contributed by atoms with Gasteiger partial charge in [-0.15, -0.1) is 11.3 Å². The van der Waals surface area contributed by atoms with E-state index in [4.69, 9.17) is 9.97 Å². The Morgan fingerprint density at radius 1 is 0.966 bits per heavy atom. The highest BCUT2D eigenvalue weighted by molar-refractivity contribution is 7.13. The molecular weight excluding hydrogens is 382 g/mol. The molecule has 2 N–H and O–H groups in total. The molecule has 0 aliphatic heterocycles. The summed E-state index contributed by atoms with van der Waals surface area (Å²) in [5.74, 6) is 0.520. The molecule has 0 bridgehead atoms. The second-order valence-corrected chi connectivity index (χ2v) is 7.80. The summed E-state index contributed by atoms with van der Waals surface area (Å²) >= 11 is 1.55. The number of nitrogens with one attached hydrogen (secondary N) is 1. The van der Waals surface area contributed by atoms with Crippen molar-refractivity contribution in [3.63, 3.8) is 0 Å². The van der Waals surface area contributed by atoms with Gasteiger partial charge in [0.15, 0.2) is 5.82 Å². The van der Waals surface area contributed by atoms with E-state index in [0.29, 0.717) is 23.5 Å². The monoisotopic (exact) mass is 399 g/mol. The summed E-state index contributed by atoms with van der Waals surface area (Å²) in [5, 5.41) is 14.7. The first-order chi connectivity index (χ1) is 14.2. The topological polar surface area (TPSA) is 75.1 Å². The lowest BCUT2D eigenvalue weighted by atomic mass is 9.91. The van der Waals surface area contributed by atoms with Crippen LogP contribution in [0.3, 0.4) is 0 Å². The Labute approximate surface area is 171 Å². The molecule has 1 amide bonds. The largest absolute Gasteiger partial charge is 0.508 e. The number of thiophene rings is 1. The molecule has 4 aromatic rings. The van der Waals surface area contributed by atoms with Crippen molar-refractivity contribution in [2.45, 2.75) is 12.8 Å². The first-order valence-electron chi connectivity index (χ1n) is 9.32. The SMILES string of the molecule is O=C(Nc1nc2c(nc1-c1cccs1)-c1ccc(O)cc1CC2)c1ccccc1. The third kappa shape index (κ3) is 3.28. The second-order valence-electron chi connectivity index (χ2n) is 6.86. The number of fused-ring (bicyclic) bond motifs is 3. The van der Waals surface area contributed by atoms with Crippen molar-refractivity contribution < 1.29 is 9.90 Å². The fourth-order valence-corrected chi connectivity index (χ4v) is 4.29. The summed E-state index contributed by atoms with van der Waals surface area (Å²) in [7, 11) is 0. The number of carbonyl (C=O) groups excluding carboxylic acids is 1. The fraction of sp³-hybridized carbons (Fsp3) is 0.0870. The van der Waals surface area contributed by atoms with Gasteiger partial charge in [-0.2, -0.15) is 0 Å². The van der Waals surface area contributed by atoms with E-state index in [1.807, 2.05) is 41.8 Å². The Morgan fingerprint density at radius 3 is 2.62 bits per heavy atom. The van der Waals surface area contributed by atoms with Crippen molar-refractivity contribution in [3.8, 4) is 27.6 Å². The van der Waals surface area contributed by atoms with Crippen molar-refractivity contribution in [2.24, 2.45) is 0 Å². The average molecular weight is 399 g/mol. The lowest BCUT2D eigenvalue weighted by Gasteiger charge is -2.21. The van der Waals surface area contributed by atoms with Crippen LogP contribution in [0.4, 0.5) is 5.82 Å². The summed E-state index contributed by atoms with van der Waals surface area (Å²) in [6.07, 6.45) is 1.48. The molecule has 2 aromatic carbocycles. The summed E-state index contributed by atoms with van der Waals surface area (Å²) in [6, 6.07) is 18.4. The number of aryl methyl sites for hydroxylation is 2. The maximum Gasteiger partial charge on any atom is 0.256 e. The zero-order valence-corrected chi connectivity index (χ0v) is 16.2. The number of rotatable bonds is 3. The van der Waals surface area contributed by atoms with Crippen LogP contribution in [-0.4, -0.2) is 21.0 Å². The highest BCUT2D eigenvalue weighted by Gasteiger charge is 2.24. The van der Waals surface area contributed by atoms with Crippen LogP contribution in [0.5, 0.6) is 5.75 Å². The predicted molar refractivity (Wildman–Crippen MR) is 114 cm³/mol. The minimum Gasteiger partial charge on any atom is -0.508 e. The van der Waals surface area contributed by atoms with Crippen LogP contribution >= 0.6 is 11.3 Å². The summed E-state index contributed by atoms with van der Waals surface area (Å²) in [4.78, 5) is 23.4. The number of phenols is 1. The molecule has 0 saturated heterocycles. The highest BCUT2D eigenvalue weighted by Crippen LogP contribution is 2.37. The van der Waals surface area contributed by atoms with Crippen LogP contribution in [0.1, 0.15) is 21.6 Å². The molecule has 5 rings (SSSR count). The Bertz CT molecular complexity index is 1200. The number of nitrogens with zero attached hydrogens (tertiary/aromatic N) is 2. The molecule has 0 saturated carbocycles. The van der Waals surface area contributed by atoms with Gasteiger partial charge in [-0.1, -0.05) is 24.3 Å². The smallest absolute Gasteiger partial charge is 0.256 e. The van der Waals surface area contributed by atoms with E-state index in [0.717, 1.165) is 33.8 Å². The molecule has 1 aliphatic rings. The first-order valence-corrected chi connectivity index (χ1v) is 10.2. The molecule has 142 valence electrons. The van der Waals surface area contributed by atoms with E-state index in [2.05, 4.69) is 5.32 Å². The van der Waals surface area contributed by atoms with E-state index < -0.39 is 0 Å². The van der Waals surface area contributed by atoms with E-state index in [-0.39, 0.29) is 11.7 Å². The van der Waals surface area contributed by atoms with Gasteiger partial charge in [-0.25, -0.2) is 9.97 Å². The number of carbonyl (C=O) groups is 1. The van der Waals surface area contributed by atoms with Gasteiger partial charge in [0.05, 0.1) is 16.3 Å². The molecule has 5 nitrogen and oxygen atoms in total. The Hall–Kier alpha value is -3.51. The second kappa shape index (κ2) is 7.14. The van der Waals surface area contributed by atoms with Gasteiger partial charge >= 0.3 is 0 Å². The minimum atomic E-state index is -0.209. The molecular formula is C23H17N3O2S. The number of amides is 1. The number of phenolic OH excluding ortho intramolecular Hbond substituents is 1. The fourth-order valence-electron chi connectivity index (χ4n) is 3.57. The molecule has 29 heavy (non-hydrogen) atoms. The van der Waals surface area contributed by atoms with Crippen molar-refractivity contribution in [1.29, 1.82) is 0 Å². The lowest BCUT2D eigenvalue weighted by molar-refractivity contribution is 0.102. The van der Waals surface area contributed by atoms with Gasteiger partial charge in [0.1, 0.15) is 11.4 Å². The Morgan fingerprint density at radius 2 is 1.83 bits per heavy atom. The maximum atomic E-state index is 12.7. The zero-order valence-electron chi connectivity index (χ0n) is 15.4. The first kappa shape index (κ1) is 17.6. The quantitative estimate of drug-likeness (QED) is 0.512. The number of anilines is 1.